The summed E-state index contributed by atoms with van der Waals surface area (Å²) >= 11 is 14.5. The standard InChI is InChI=1S/C40H58Cl2N4O11S2/c1-20(2)15-25(43-34(49)32(21(3)4)46(10)11)29(54-24(8)47)16-31(48)55-30-17-53-38(51)26-18-59-36(45-26)33(22(5)6)57-37(50)23(7)28(13-12-14-40(9,41)42)56-39(52)27-19-58-35(30)44-27/h18-23,25,28-30,32-33H,12-17H2,1-11H3,(H,43,49)/t23-,25-,28-,29+,30+,32+,33-/m0/s1. The Hall–Kier alpha value is -3.38. The number of amides is 1. The number of rotatable bonds is 16. The summed E-state index contributed by atoms with van der Waals surface area (Å²) in [7, 11) is 3.58. The van der Waals surface area contributed by atoms with Crippen molar-refractivity contribution in [2.45, 2.75) is 135 Å². The van der Waals surface area contributed by atoms with E-state index in [-0.39, 0.29) is 46.5 Å². The number of aromatic nitrogens is 2. The number of hydrogen-bond acceptors (Lipinski definition) is 16. The Morgan fingerprint density at radius 3 is 2.15 bits per heavy atom. The highest BCUT2D eigenvalue weighted by Gasteiger charge is 2.37. The van der Waals surface area contributed by atoms with Gasteiger partial charge in [0.25, 0.3) is 0 Å². The van der Waals surface area contributed by atoms with Gasteiger partial charge in [0.1, 0.15) is 33.2 Å². The number of cyclic esters (lactones) is 3. The van der Waals surface area contributed by atoms with Gasteiger partial charge in [0.05, 0.1) is 24.4 Å². The minimum Gasteiger partial charge on any atom is -0.460 e. The normalized spacial score (nSPS) is 21.0. The second kappa shape index (κ2) is 22.5. The molecule has 19 heteroatoms. The SMILES string of the molecule is CC(=O)O[C@H](CC(=O)O[C@@H]1COC(=O)c2csc(n2)[C@H](C(C)C)OC(=O)[C@@H](C)[C@H](CCCC(C)(Cl)Cl)OC(=O)c2csc1n2)[C@H](CC(C)C)NC(=O)[C@@H](C(C)C)N(C)C. The molecule has 1 aliphatic heterocycles. The quantitative estimate of drug-likeness (QED) is 0.101. The lowest BCUT2D eigenvalue weighted by atomic mass is 9.95. The van der Waals surface area contributed by atoms with E-state index in [9.17, 15) is 28.8 Å². The number of carbonyl (C=O) groups is 6. The van der Waals surface area contributed by atoms with Gasteiger partial charge in [-0.2, -0.15) is 0 Å². The van der Waals surface area contributed by atoms with Crippen molar-refractivity contribution in [2.24, 2.45) is 23.7 Å². The molecule has 3 heterocycles. The monoisotopic (exact) mass is 904 g/mol. The number of alkyl halides is 2. The Balaban J connectivity index is 2.00. The highest BCUT2D eigenvalue weighted by Crippen LogP contribution is 2.33. The number of fused-ring (bicyclic) bond motifs is 4. The van der Waals surface area contributed by atoms with E-state index in [0.717, 1.165) is 22.7 Å². The fourth-order valence-corrected chi connectivity index (χ4v) is 8.62. The first kappa shape index (κ1) is 50.0. The summed E-state index contributed by atoms with van der Waals surface area (Å²) in [5, 5.41) is 6.31. The van der Waals surface area contributed by atoms with Gasteiger partial charge in [0.15, 0.2) is 23.6 Å². The number of ether oxygens (including phenoxy) is 5. The minimum absolute atomic E-state index is 0.0340. The Morgan fingerprint density at radius 2 is 1.59 bits per heavy atom. The molecule has 1 N–H and O–H groups in total. The van der Waals surface area contributed by atoms with Gasteiger partial charge in [-0.3, -0.25) is 24.1 Å². The van der Waals surface area contributed by atoms with Crippen molar-refractivity contribution in [3.8, 4) is 0 Å². The molecule has 0 unspecified atom stereocenters. The van der Waals surface area contributed by atoms with E-state index in [1.807, 2.05) is 41.5 Å². The average molecular weight is 906 g/mol. The second-order valence-electron chi connectivity index (χ2n) is 16.3. The molecule has 2 aromatic rings. The third kappa shape index (κ3) is 15.5. The van der Waals surface area contributed by atoms with E-state index in [4.69, 9.17) is 46.9 Å². The molecule has 4 bridgehead atoms. The topological polar surface area (TPSA) is 190 Å². The maximum atomic E-state index is 13.8. The Bertz CT molecular complexity index is 1750. The fraction of sp³-hybridized carbons (Fsp3) is 0.700. The van der Waals surface area contributed by atoms with Crippen LogP contribution in [0, 0.1) is 23.7 Å². The van der Waals surface area contributed by atoms with Crippen molar-refractivity contribution in [1.29, 1.82) is 0 Å². The number of thiazole rings is 2. The van der Waals surface area contributed by atoms with E-state index >= 15 is 0 Å². The van der Waals surface area contributed by atoms with Crippen molar-refractivity contribution in [2.75, 3.05) is 20.7 Å². The summed E-state index contributed by atoms with van der Waals surface area (Å²) < 4.78 is 27.9. The van der Waals surface area contributed by atoms with Crippen LogP contribution in [-0.4, -0.2) is 99.9 Å². The molecule has 330 valence electrons. The summed E-state index contributed by atoms with van der Waals surface area (Å²) in [6, 6.07) is -1.26. The zero-order valence-electron chi connectivity index (χ0n) is 35.6. The Kier molecular flexibility index (Phi) is 19.0. The third-order valence-corrected chi connectivity index (χ3v) is 11.6. The second-order valence-corrected chi connectivity index (χ2v) is 19.9. The number of carbonyl (C=O) groups excluding carboxylic acids is 6. The van der Waals surface area contributed by atoms with Crippen LogP contribution in [0.2, 0.25) is 0 Å². The molecule has 0 fully saturated rings. The molecule has 59 heavy (non-hydrogen) atoms. The molecule has 0 aromatic carbocycles. The van der Waals surface area contributed by atoms with Crippen LogP contribution in [0.4, 0.5) is 0 Å². The van der Waals surface area contributed by atoms with E-state index in [1.165, 1.54) is 17.7 Å². The van der Waals surface area contributed by atoms with Gasteiger partial charge in [-0.1, -0.05) is 41.5 Å². The van der Waals surface area contributed by atoms with Crippen molar-refractivity contribution in [3.05, 3.63) is 32.2 Å². The summed E-state index contributed by atoms with van der Waals surface area (Å²) in [4.78, 5) is 90.8. The van der Waals surface area contributed by atoms with Gasteiger partial charge in [0.2, 0.25) is 5.91 Å². The number of esters is 5. The van der Waals surface area contributed by atoms with E-state index < -0.39 is 89.6 Å². The summed E-state index contributed by atoms with van der Waals surface area (Å²) in [5.74, 6) is -5.36. The van der Waals surface area contributed by atoms with Crippen LogP contribution in [0.1, 0.15) is 138 Å². The van der Waals surface area contributed by atoms with Crippen LogP contribution in [0.3, 0.4) is 0 Å². The van der Waals surface area contributed by atoms with Crippen molar-refractivity contribution >= 4 is 81.6 Å². The molecule has 1 amide bonds. The van der Waals surface area contributed by atoms with Gasteiger partial charge in [0, 0.05) is 17.7 Å². The molecule has 2 aromatic heterocycles. The average Bonchev–Trinajstić information content (AvgIpc) is 3.80. The van der Waals surface area contributed by atoms with Gasteiger partial charge in [-0.25, -0.2) is 19.6 Å². The van der Waals surface area contributed by atoms with Gasteiger partial charge >= 0.3 is 29.8 Å². The third-order valence-electron chi connectivity index (χ3n) is 9.40. The van der Waals surface area contributed by atoms with E-state index in [2.05, 4.69) is 15.3 Å². The number of likely N-dealkylation sites (N-methyl/N-ethyl adjacent to an activating group) is 1. The molecule has 1 aliphatic rings. The molecule has 0 aliphatic carbocycles. The molecule has 15 nitrogen and oxygen atoms in total. The zero-order valence-corrected chi connectivity index (χ0v) is 38.7. The lowest BCUT2D eigenvalue weighted by Gasteiger charge is -2.33. The fourth-order valence-electron chi connectivity index (χ4n) is 6.56. The number of nitrogens with zero attached hydrogens (tertiary/aromatic N) is 3. The van der Waals surface area contributed by atoms with Crippen LogP contribution in [-0.2, 0) is 42.9 Å². The molecular weight excluding hydrogens is 847 g/mol. The van der Waals surface area contributed by atoms with Crippen LogP contribution < -0.4 is 5.32 Å². The molecule has 3 rings (SSSR count). The first-order valence-corrected chi connectivity index (χ1v) is 22.2. The van der Waals surface area contributed by atoms with Crippen molar-refractivity contribution in [3.63, 3.8) is 0 Å². The first-order valence-electron chi connectivity index (χ1n) is 19.7. The predicted molar refractivity (Wildman–Crippen MR) is 223 cm³/mol. The summed E-state index contributed by atoms with van der Waals surface area (Å²) in [6.07, 6.45) is -3.36. The molecular formula is C40H58Cl2N4O11S2. The summed E-state index contributed by atoms with van der Waals surface area (Å²) in [5.41, 5.74) is -0.205. The predicted octanol–water partition coefficient (Wildman–Crippen LogP) is 7.26. The van der Waals surface area contributed by atoms with Crippen LogP contribution in [0.25, 0.3) is 0 Å². The first-order chi connectivity index (χ1) is 27.5. The Morgan fingerprint density at radius 1 is 0.983 bits per heavy atom. The molecule has 0 saturated carbocycles. The number of hydrogen-bond donors (Lipinski definition) is 1. The van der Waals surface area contributed by atoms with Gasteiger partial charge in [-0.15, -0.1) is 45.9 Å². The maximum Gasteiger partial charge on any atom is 0.358 e. The van der Waals surface area contributed by atoms with E-state index in [0.29, 0.717) is 24.3 Å². The summed E-state index contributed by atoms with van der Waals surface area (Å²) in [6.45, 7) is 15.3. The lowest BCUT2D eigenvalue weighted by Crippen LogP contribution is -2.54. The van der Waals surface area contributed by atoms with Crippen LogP contribution >= 0.6 is 45.9 Å². The maximum absolute atomic E-state index is 13.8. The van der Waals surface area contributed by atoms with E-state index in [1.54, 1.807) is 32.8 Å². The molecule has 0 radical (unpaired) electrons. The van der Waals surface area contributed by atoms with Crippen molar-refractivity contribution in [1.82, 2.24) is 20.2 Å². The van der Waals surface area contributed by atoms with Crippen molar-refractivity contribution < 1.29 is 52.5 Å². The van der Waals surface area contributed by atoms with Gasteiger partial charge < -0.3 is 29.0 Å². The lowest BCUT2D eigenvalue weighted by molar-refractivity contribution is -0.161. The van der Waals surface area contributed by atoms with Crippen LogP contribution in [0.15, 0.2) is 10.8 Å². The number of halogens is 2. The largest absolute Gasteiger partial charge is 0.460 e. The highest BCUT2D eigenvalue weighted by atomic mass is 35.5. The highest BCUT2D eigenvalue weighted by molar-refractivity contribution is 7.10. The molecule has 7 atom stereocenters. The molecule has 0 saturated heterocycles. The molecule has 0 spiro atoms. The minimum atomic E-state index is -1.32. The number of nitrogens with one attached hydrogen (secondary N) is 1. The Labute approximate surface area is 364 Å². The van der Waals surface area contributed by atoms with Gasteiger partial charge in [-0.05, 0) is 71.4 Å². The zero-order chi connectivity index (χ0) is 44.4. The smallest absolute Gasteiger partial charge is 0.358 e. The van der Waals surface area contributed by atoms with Crippen LogP contribution in [0.5, 0.6) is 0 Å².